The Bertz CT molecular complexity index is 817. The van der Waals surface area contributed by atoms with Crippen molar-refractivity contribution in [3.63, 3.8) is 0 Å². The first-order chi connectivity index (χ1) is 14.4. The van der Waals surface area contributed by atoms with Gasteiger partial charge in [0, 0.05) is 6.54 Å². The Labute approximate surface area is 178 Å². The highest BCUT2D eigenvalue weighted by Gasteiger charge is 2.18. The largest absolute Gasteiger partial charge is 0.512 e. The standard InChI is InChI=1S/C24H31NO5/c1-18(26)15-24(27)30-22(16-25(2)3)17-29-23-8-6-5-7-20(23)12-9-19-10-13-21(28-4)14-11-19/h5-8,10-11,13-14,22,26H,1,9,12,15-17H2,2-4H3. The summed E-state index contributed by atoms with van der Waals surface area (Å²) in [6, 6.07) is 15.9. The summed E-state index contributed by atoms with van der Waals surface area (Å²) in [5.41, 5.74) is 2.31. The molecular formula is C24H31NO5. The van der Waals surface area contributed by atoms with E-state index in [4.69, 9.17) is 14.2 Å². The molecule has 6 nitrogen and oxygen atoms in total. The van der Waals surface area contributed by atoms with Gasteiger partial charge in [-0.15, -0.1) is 0 Å². The van der Waals surface area contributed by atoms with E-state index in [9.17, 15) is 9.90 Å². The minimum absolute atomic E-state index is 0.214. The second-order valence-corrected chi connectivity index (χ2v) is 7.38. The zero-order chi connectivity index (χ0) is 21.9. The predicted octanol–water partition coefficient (Wildman–Crippen LogP) is 3.79. The molecule has 2 rings (SSSR count). The lowest BCUT2D eigenvalue weighted by Gasteiger charge is -2.22. The lowest BCUT2D eigenvalue weighted by Crippen LogP contribution is -2.35. The number of likely N-dealkylation sites (N-methyl/N-ethyl adjacent to an activating group) is 1. The van der Waals surface area contributed by atoms with E-state index in [1.54, 1.807) is 7.11 Å². The van der Waals surface area contributed by atoms with Gasteiger partial charge in [0.05, 0.1) is 12.9 Å². The first kappa shape index (κ1) is 23.3. The normalized spacial score (nSPS) is 11.7. The Balaban J connectivity index is 1.98. The van der Waals surface area contributed by atoms with Crippen molar-refractivity contribution < 1.29 is 24.1 Å². The van der Waals surface area contributed by atoms with Gasteiger partial charge in [0.15, 0.2) is 0 Å². The molecule has 0 saturated carbocycles. The number of aliphatic hydroxyl groups excluding tert-OH is 1. The fourth-order valence-electron chi connectivity index (χ4n) is 3.03. The van der Waals surface area contributed by atoms with Crippen LogP contribution in [-0.4, -0.2) is 56.4 Å². The highest BCUT2D eigenvalue weighted by molar-refractivity contribution is 5.71. The molecule has 0 bridgehead atoms. The molecule has 162 valence electrons. The maximum absolute atomic E-state index is 11.9. The van der Waals surface area contributed by atoms with E-state index in [-0.39, 0.29) is 18.8 Å². The van der Waals surface area contributed by atoms with Gasteiger partial charge in [0.1, 0.15) is 30.6 Å². The maximum atomic E-state index is 11.9. The van der Waals surface area contributed by atoms with Crippen LogP contribution in [0.5, 0.6) is 11.5 Å². The number of methoxy groups -OCH3 is 1. The number of rotatable bonds is 12. The van der Waals surface area contributed by atoms with Crippen LogP contribution in [0.1, 0.15) is 17.5 Å². The summed E-state index contributed by atoms with van der Waals surface area (Å²) < 4.78 is 16.7. The van der Waals surface area contributed by atoms with E-state index >= 15 is 0 Å². The maximum Gasteiger partial charge on any atom is 0.313 e. The van der Waals surface area contributed by atoms with E-state index in [0.717, 1.165) is 29.9 Å². The van der Waals surface area contributed by atoms with Crippen LogP contribution in [0, 0.1) is 0 Å². The summed E-state index contributed by atoms with van der Waals surface area (Å²) in [5, 5.41) is 9.20. The van der Waals surface area contributed by atoms with Crippen LogP contribution in [0.25, 0.3) is 0 Å². The first-order valence-electron chi connectivity index (χ1n) is 9.92. The Kier molecular flexibility index (Phi) is 9.22. The van der Waals surface area contributed by atoms with Crippen molar-refractivity contribution in [3.8, 4) is 11.5 Å². The molecule has 0 radical (unpaired) electrons. The van der Waals surface area contributed by atoms with Crippen LogP contribution >= 0.6 is 0 Å². The lowest BCUT2D eigenvalue weighted by atomic mass is 10.0. The molecule has 0 aliphatic rings. The SMILES string of the molecule is C=C(O)CC(=O)OC(COc1ccccc1CCc1ccc(OC)cc1)CN(C)C. The Morgan fingerprint density at radius 2 is 1.80 bits per heavy atom. The molecule has 2 aromatic rings. The molecule has 6 heteroatoms. The molecule has 0 aromatic heterocycles. The van der Waals surface area contributed by atoms with Gasteiger partial charge in [-0.3, -0.25) is 4.79 Å². The number of esters is 1. The number of carbonyl (C=O) groups is 1. The van der Waals surface area contributed by atoms with E-state index in [0.29, 0.717) is 6.54 Å². The van der Waals surface area contributed by atoms with Crippen molar-refractivity contribution in [2.75, 3.05) is 34.4 Å². The Morgan fingerprint density at radius 1 is 1.10 bits per heavy atom. The number of para-hydroxylation sites is 1. The number of carbonyl (C=O) groups excluding carboxylic acids is 1. The predicted molar refractivity (Wildman–Crippen MR) is 117 cm³/mol. The van der Waals surface area contributed by atoms with Gasteiger partial charge in [0.25, 0.3) is 0 Å². The summed E-state index contributed by atoms with van der Waals surface area (Å²) in [7, 11) is 5.45. The van der Waals surface area contributed by atoms with Crippen LogP contribution in [-0.2, 0) is 22.4 Å². The minimum atomic E-state index is -0.522. The van der Waals surface area contributed by atoms with Gasteiger partial charge >= 0.3 is 5.97 Å². The smallest absolute Gasteiger partial charge is 0.313 e. The van der Waals surface area contributed by atoms with Crippen LogP contribution in [0.2, 0.25) is 0 Å². The van der Waals surface area contributed by atoms with Crippen molar-refractivity contribution in [2.45, 2.75) is 25.4 Å². The van der Waals surface area contributed by atoms with Crippen molar-refractivity contribution in [2.24, 2.45) is 0 Å². The lowest BCUT2D eigenvalue weighted by molar-refractivity contribution is -0.151. The van der Waals surface area contributed by atoms with Crippen LogP contribution in [0.4, 0.5) is 0 Å². The van der Waals surface area contributed by atoms with Gasteiger partial charge < -0.3 is 24.2 Å². The number of hydrogen-bond donors (Lipinski definition) is 1. The molecule has 30 heavy (non-hydrogen) atoms. The highest BCUT2D eigenvalue weighted by atomic mass is 16.6. The fraction of sp³-hybridized carbons (Fsp3) is 0.375. The van der Waals surface area contributed by atoms with Gasteiger partial charge in [-0.05, 0) is 56.3 Å². The zero-order valence-corrected chi connectivity index (χ0v) is 18.0. The molecule has 0 spiro atoms. The zero-order valence-electron chi connectivity index (χ0n) is 18.0. The topological polar surface area (TPSA) is 68.2 Å². The van der Waals surface area contributed by atoms with E-state index in [2.05, 4.69) is 18.7 Å². The third-order valence-electron chi connectivity index (χ3n) is 4.45. The molecule has 1 N–H and O–H groups in total. The Hall–Kier alpha value is -2.99. The molecule has 0 aliphatic heterocycles. The summed E-state index contributed by atoms with van der Waals surface area (Å²) >= 11 is 0. The van der Waals surface area contributed by atoms with Gasteiger partial charge in [-0.25, -0.2) is 0 Å². The van der Waals surface area contributed by atoms with Crippen molar-refractivity contribution >= 4 is 5.97 Å². The summed E-state index contributed by atoms with van der Waals surface area (Å²) in [6.45, 7) is 4.06. The fourth-order valence-corrected chi connectivity index (χ4v) is 3.03. The highest BCUT2D eigenvalue weighted by Crippen LogP contribution is 2.21. The molecule has 0 saturated heterocycles. The molecule has 1 atom stereocenters. The summed E-state index contributed by atoms with van der Waals surface area (Å²) in [6.07, 6.45) is 1.02. The molecule has 0 heterocycles. The van der Waals surface area contributed by atoms with Crippen molar-refractivity contribution in [1.82, 2.24) is 4.90 Å². The number of hydrogen-bond acceptors (Lipinski definition) is 6. The number of nitrogens with zero attached hydrogens (tertiary/aromatic N) is 1. The average Bonchev–Trinajstić information content (AvgIpc) is 2.70. The third kappa shape index (κ3) is 8.17. The number of aliphatic hydroxyl groups is 1. The van der Waals surface area contributed by atoms with Gasteiger partial charge in [-0.2, -0.15) is 0 Å². The third-order valence-corrected chi connectivity index (χ3v) is 4.45. The van der Waals surface area contributed by atoms with E-state index < -0.39 is 12.1 Å². The first-order valence-corrected chi connectivity index (χ1v) is 9.92. The van der Waals surface area contributed by atoms with Crippen LogP contribution in [0.3, 0.4) is 0 Å². The average molecular weight is 414 g/mol. The second-order valence-electron chi connectivity index (χ2n) is 7.38. The number of aryl methyl sites for hydroxylation is 2. The van der Waals surface area contributed by atoms with E-state index in [1.165, 1.54) is 5.56 Å². The van der Waals surface area contributed by atoms with E-state index in [1.807, 2.05) is 55.4 Å². The molecular weight excluding hydrogens is 382 g/mol. The quantitative estimate of drug-likeness (QED) is 0.422. The number of ether oxygens (including phenoxy) is 3. The molecule has 0 fully saturated rings. The summed E-state index contributed by atoms with van der Waals surface area (Å²) in [4.78, 5) is 13.8. The van der Waals surface area contributed by atoms with Crippen molar-refractivity contribution in [3.05, 3.63) is 72.0 Å². The Morgan fingerprint density at radius 3 is 2.43 bits per heavy atom. The summed E-state index contributed by atoms with van der Waals surface area (Å²) in [5.74, 6) is 0.880. The monoisotopic (exact) mass is 413 g/mol. The minimum Gasteiger partial charge on any atom is -0.512 e. The second kappa shape index (κ2) is 11.9. The molecule has 1 unspecified atom stereocenters. The van der Waals surface area contributed by atoms with Crippen LogP contribution in [0.15, 0.2) is 60.9 Å². The molecule has 2 aromatic carbocycles. The molecule has 0 aliphatic carbocycles. The number of benzene rings is 2. The molecule has 0 amide bonds. The van der Waals surface area contributed by atoms with Crippen LogP contribution < -0.4 is 9.47 Å². The van der Waals surface area contributed by atoms with Gasteiger partial charge in [-0.1, -0.05) is 36.9 Å². The van der Waals surface area contributed by atoms with Gasteiger partial charge in [0.2, 0.25) is 0 Å². The van der Waals surface area contributed by atoms with Crippen molar-refractivity contribution in [1.29, 1.82) is 0 Å².